The highest BCUT2D eigenvalue weighted by atomic mass is 16.6. The third-order valence-corrected chi connectivity index (χ3v) is 2.72. The lowest BCUT2D eigenvalue weighted by Crippen LogP contribution is -2.41. The molecule has 0 saturated heterocycles. The monoisotopic (exact) mass is 259 g/mol. The van der Waals surface area contributed by atoms with Crippen molar-refractivity contribution < 1.29 is 19.1 Å². The van der Waals surface area contributed by atoms with E-state index in [9.17, 15) is 9.59 Å². The van der Waals surface area contributed by atoms with Crippen molar-refractivity contribution in [2.45, 2.75) is 52.5 Å². The van der Waals surface area contributed by atoms with Crippen LogP contribution in [0.4, 0.5) is 4.79 Å². The molecule has 0 bridgehead atoms. The number of esters is 1. The molecule has 5 nitrogen and oxygen atoms in total. The minimum Gasteiger partial charge on any atom is -0.464 e. The normalized spacial score (nSPS) is 11.8. The lowest BCUT2D eigenvalue weighted by molar-refractivity contribution is -0.148. The number of unbranched alkanes of at least 4 members (excludes halogenated alkanes) is 3. The molecule has 0 rings (SSSR count). The summed E-state index contributed by atoms with van der Waals surface area (Å²) in [5.41, 5.74) is 0. The Morgan fingerprint density at radius 2 is 1.78 bits per heavy atom. The standard InChI is InChI=1S/C13H25NO4/c1-5-7-8-9-10-18-12(15)11(3)14(4)13(16)17-6-2/h11H,5-10H2,1-4H3. The number of nitrogens with zero attached hydrogens (tertiary/aromatic N) is 1. The molecule has 0 aromatic carbocycles. The zero-order valence-corrected chi connectivity index (χ0v) is 11.9. The number of hydrogen-bond donors (Lipinski definition) is 0. The summed E-state index contributed by atoms with van der Waals surface area (Å²) in [6.07, 6.45) is 3.72. The fourth-order valence-corrected chi connectivity index (χ4v) is 1.36. The summed E-state index contributed by atoms with van der Waals surface area (Å²) in [7, 11) is 1.53. The molecule has 0 fully saturated rings. The van der Waals surface area contributed by atoms with E-state index in [1.54, 1.807) is 13.8 Å². The van der Waals surface area contributed by atoms with Gasteiger partial charge < -0.3 is 9.47 Å². The van der Waals surface area contributed by atoms with E-state index < -0.39 is 12.1 Å². The number of rotatable bonds is 8. The Kier molecular flexibility index (Phi) is 9.06. The van der Waals surface area contributed by atoms with Crippen molar-refractivity contribution in [3.63, 3.8) is 0 Å². The fourth-order valence-electron chi connectivity index (χ4n) is 1.36. The van der Waals surface area contributed by atoms with Crippen molar-refractivity contribution in [1.29, 1.82) is 0 Å². The number of carbonyl (C=O) groups is 2. The third-order valence-electron chi connectivity index (χ3n) is 2.72. The SMILES string of the molecule is CCCCCCOC(=O)C(C)N(C)C(=O)OCC. The Hall–Kier alpha value is -1.26. The van der Waals surface area contributed by atoms with Crippen LogP contribution in [0, 0.1) is 0 Å². The summed E-state index contributed by atoms with van der Waals surface area (Å²) in [5.74, 6) is -0.387. The fraction of sp³-hybridized carbons (Fsp3) is 0.846. The summed E-state index contributed by atoms with van der Waals surface area (Å²) >= 11 is 0. The minimum atomic E-state index is -0.616. The molecular formula is C13H25NO4. The summed E-state index contributed by atoms with van der Waals surface area (Å²) in [6, 6.07) is -0.616. The largest absolute Gasteiger partial charge is 0.464 e. The molecule has 0 spiro atoms. The van der Waals surface area contributed by atoms with Gasteiger partial charge in [0.15, 0.2) is 0 Å². The molecule has 0 aliphatic rings. The molecule has 5 heteroatoms. The maximum Gasteiger partial charge on any atom is 0.410 e. The highest BCUT2D eigenvalue weighted by molar-refractivity contribution is 5.80. The maximum atomic E-state index is 11.7. The number of carbonyl (C=O) groups excluding carboxylic acids is 2. The summed E-state index contributed by atoms with van der Waals surface area (Å²) in [5, 5.41) is 0. The van der Waals surface area contributed by atoms with Crippen molar-refractivity contribution in [1.82, 2.24) is 4.90 Å². The molecule has 1 unspecified atom stereocenters. The van der Waals surface area contributed by atoms with Crippen LogP contribution in [0.25, 0.3) is 0 Å². The predicted molar refractivity (Wildman–Crippen MR) is 69.3 cm³/mol. The van der Waals surface area contributed by atoms with Gasteiger partial charge in [-0.05, 0) is 20.3 Å². The smallest absolute Gasteiger partial charge is 0.410 e. The van der Waals surface area contributed by atoms with Gasteiger partial charge in [-0.15, -0.1) is 0 Å². The first-order valence-electron chi connectivity index (χ1n) is 6.60. The van der Waals surface area contributed by atoms with Crippen molar-refractivity contribution in [2.24, 2.45) is 0 Å². The number of hydrogen-bond acceptors (Lipinski definition) is 4. The average molecular weight is 259 g/mol. The molecule has 1 amide bonds. The molecule has 0 aromatic heterocycles. The third kappa shape index (κ3) is 6.47. The number of ether oxygens (including phenoxy) is 2. The second kappa shape index (κ2) is 9.74. The molecule has 0 aliphatic heterocycles. The van der Waals surface area contributed by atoms with Gasteiger partial charge in [0.2, 0.25) is 0 Å². The van der Waals surface area contributed by atoms with Crippen molar-refractivity contribution in [3.05, 3.63) is 0 Å². The van der Waals surface area contributed by atoms with Crippen LogP contribution in [0.1, 0.15) is 46.5 Å². The Bertz CT molecular complexity index is 255. The van der Waals surface area contributed by atoms with Crippen LogP contribution in [-0.4, -0.2) is 43.3 Å². The molecule has 1 atom stereocenters. The van der Waals surface area contributed by atoms with E-state index in [0.29, 0.717) is 13.2 Å². The molecule has 0 heterocycles. The molecule has 0 saturated carbocycles. The summed E-state index contributed by atoms with van der Waals surface area (Å²) in [4.78, 5) is 24.3. The van der Waals surface area contributed by atoms with E-state index in [2.05, 4.69) is 6.92 Å². The van der Waals surface area contributed by atoms with Gasteiger partial charge in [-0.25, -0.2) is 9.59 Å². The topological polar surface area (TPSA) is 55.8 Å². The number of likely N-dealkylation sites (N-methyl/N-ethyl adjacent to an activating group) is 1. The zero-order chi connectivity index (χ0) is 14.0. The predicted octanol–water partition coefficient (Wildman–Crippen LogP) is 2.59. The first-order chi connectivity index (χ1) is 8.54. The Morgan fingerprint density at radius 1 is 1.11 bits per heavy atom. The minimum absolute atomic E-state index is 0.294. The second-order valence-corrected chi connectivity index (χ2v) is 4.21. The van der Waals surface area contributed by atoms with E-state index in [-0.39, 0.29) is 5.97 Å². The summed E-state index contributed by atoms with van der Waals surface area (Å²) < 4.78 is 9.92. The van der Waals surface area contributed by atoms with Crippen LogP contribution >= 0.6 is 0 Å². The Labute approximate surface area is 109 Å². The molecule has 18 heavy (non-hydrogen) atoms. The van der Waals surface area contributed by atoms with Crippen molar-refractivity contribution >= 4 is 12.1 Å². The van der Waals surface area contributed by atoms with Gasteiger partial charge >= 0.3 is 12.1 Å². The van der Waals surface area contributed by atoms with Crippen molar-refractivity contribution in [3.8, 4) is 0 Å². The zero-order valence-electron chi connectivity index (χ0n) is 11.9. The molecule has 0 aliphatic carbocycles. The average Bonchev–Trinajstić information content (AvgIpc) is 2.36. The lowest BCUT2D eigenvalue weighted by atomic mass is 10.2. The highest BCUT2D eigenvalue weighted by Crippen LogP contribution is 2.04. The van der Waals surface area contributed by atoms with Crippen LogP contribution in [0.2, 0.25) is 0 Å². The van der Waals surface area contributed by atoms with E-state index in [4.69, 9.17) is 9.47 Å². The quantitative estimate of drug-likeness (QED) is 0.496. The molecular weight excluding hydrogens is 234 g/mol. The van der Waals surface area contributed by atoms with Crippen LogP contribution < -0.4 is 0 Å². The Morgan fingerprint density at radius 3 is 2.33 bits per heavy atom. The highest BCUT2D eigenvalue weighted by Gasteiger charge is 2.24. The van der Waals surface area contributed by atoms with Gasteiger partial charge in [0, 0.05) is 7.05 Å². The Balaban J connectivity index is 3.90. The molecule has 0 N–H and O–H groups in total. The van der Waals surface area contributed by atoms with Crippen LogP contribution in [-0.2, 0) is 14.3 Å². The van der Waals surface area contributed by atoms with Gasteiger partial charge in [0.1, 0.15) is 6.04 Å². The van der Waals surface area contributed by atoms with Gasteiger partial charge in [0.25, 0.3) is 0 Å². The van der Waals surface area contributed by atoms with E-state index in [1.165, 1.54) is 11.9 Å². The van der Waals surface area contributed by atoms with Crippen molar-refractivity contribution in [2.75, 3.05) is 20.3 Å². The van der Waals surface area contributed by atoms with E-state index >= 15 is 0 Å². The van der Waals surface area contributed by atoms with Crippen LogP contribution in [0.3, 0.4) is 0 Å². The van der Waals surface area contributed by atoms with Gasteiger partial charge in [-0.3, -0.25) is 4.90 Å². The molecule has 0 radical (unpaired) electrons. The van der Waals surface area contributed by atoms with Gasteiger partial charge in [-0.2, -0.15) is 0 Å². The maximum absolute atomic E-state index is 11.7. The van der Waals surface area contributed by atoms with E-state index in [1.807, 2.05) is 0 Å². The molecule has 106 valence electrons. The van der Waals surface area contributed by atoms with Crippen LogP contribution in [0.15, 0.2) is 0 Å². The second-order valence-electron chi connectivity index (χ2n) is 4.21. The van der Waals surface area contributed by atoms with Crippen LogP contribution in [0.5, 0.6) is 0 Å². The number of amides is 1. The van der Waals surface area contributed by atoms with E-state index in [0.717, 1.165) is 25.7 Å². The molecule has 0 aromatic rings. The lowest BCUT2D eigenvalue weighted by Gasteiger charge is -2.22. The first kappa shape index (κ1) is 16.7. The first-order valence-corrected chi connectivity index (χ1v) is 6.60. The van der Waals surface area contributed by atoms with Gasteiger partial charge in [-0.1, -0.05) is 26.2 Å². The van der Waals surface area contributed by atoms with Gasteiger partial charge in [0.05, 0.1) is 13.2 Å². The summed E-state index contributed by atoms with van der Waals surface area (Å²) in [6.45, 7) is 6.19.